The highest BCUT2D eigenvalue weighted by Gasteiger charge is 2.30. The Kier molecular flexibility index (Phi) is 3.21. The van der Waals surface area contributed by atoms with Gasteiger partial charge in [-0.3, -0.25) is 0 Å². The Hall–Kier alpha value is -0.620. The van der Waals surface area contributed by atoms with Gasteiger partial charge in [0.25, 0.3) is 0 Å². The van der Waals surface area contributed by atoms with E-state index in [1.165, 1.54) is 10.4 Å². The first-order chi connectivity index (χ1) is 7.50. The molecule has 1 aromatic carbocycles. The summed E-state index contributed by atoms with van der Waals surface area (Å²) >= 11 is 5.78. The van der Waals surface area contributed by atoms with Crippen LogP contribution in [0, 0.1) is 0 Å². The van der Waals surface area contributed by atoms with E-state index in [1.807, 2.05) is 0 Å². The average molecular weight is 261 g/mol. The molecule has 2 rings (SSSR count). The lowest BCUT2D eigenvalue weighted by molar-refractivity contribution is 0.472. The van der Waals surface area contributed by atoms with E-state index in [1.54, 1.807) is 18.2 Å². The molecule has 4 nitrogen and oxygen atoms in total. The van der Waals surface area contributed by atoms with Gasteiger partial charge in [-0.15, -0.1) is 0 Å². The molecule has 1 saturated heterocycles. The lowest BCUT2D eigenvalue weighted by atomic mass is 10.3. The molecule has 0 radical (unpaired) electrons. The molecule has 1 heterocycles. The molecular formula is C10H13ClN2O2S. The number of nitrogens with zero attached hydrogens (tertiary/aromatic N) is 1. The molecule has 1 atom stereocenters. The molecule has 1 fully saturated rings. The average Bonchev–Trinajstić information content (AvgIpc) is 2.65. The molecule has 2 N–H and O–H groups in total. The topological polar surface area (TPSA) is 63.4 Å². The van der Waals surface area contributed by atoms with E-state index in [2.05, 4.69) is 0 Å². The van der Waals surface area contributed by atoms with E-state index >= 15 is 0 Å². The fourth-order valence-corrected chi connectivity index (χ4v) is 3.56. The molecule has 0 aliphatic carbocycles. The van der Waals surface area contributed by atoms with Crippen molar-refractivity contribution < 1.29 is 8.42 Å². The summed E-state index contributed by atoms with van der Waals surface area (Å²) in [5, 5.41) is 0.421. The maximum absolute atomic E-state index is 12.1. The Balaban J connectivity index is 2.32. The summed E-state index contributed by atoms with van der Waals surface area (Å²) < 4.78 is 25.7. The molecule has 0 unspecified atom stereocenters. The lowest BCUT2D eigenvalue weighted by Crippen LogP contribution is -2.31. The van der Waals surface area contributed by atoms with Crippen LogP contribution in [0.2, 0.25) is 5.02 Å². The molecule has 1 aromatic rings. The van der Waals surface area contributed by atoms with Gasteiger partial charge < -0.3 is 5.73 Å². The highest BCUT2D eigenvalue weighted by Crippen LogP contribution is 2.22. The lowest BCUT2D eigenvalue weighted by Gasteiger charge is -2.15. The number of rotatable bonds is 2. The van der Waals surface area contributed by atoms with Crippen LogP contribution in [0.4, 0.5) is 0 Å². The van der Waals surface area contributed by atoms with Crippen LogP contribution in [-0.4, -0.2) is 31.9 Å². The van der Waals surface area contributed by atoms with Crippen LogP contribution in [0.3, 0.4) is 0 Å². The first-order valence-corrected chi connectivity index (χ1v) is 6.83. The standard InChI is InChI=1S/C10H13ClN2O2S/c11-8-2-1-3-10(6-8)16(14,15)13-5-4-9(12)7-13/h1-3,6,9H,4-5,7,12H2/t9-/m1/s1. The van der Waals surface area contributed by atoms with E-state index in [9.17, 15) is 8.42 Å². The highest BCUT2D eigenvalue weighted by molar-refractivity contribution is 7.89. The fraction of sp³-hybridized carbons (Fsp3) is 0.400. The maximum atomic E-state index is 12.1. The molecule has 0 amide bonds. The molecule has 16 heavy (non-hydrogen) atoms. The molecule has 0 aromatic heterocycles. The normalized spacial score (nSPS) is 22.5. The molecular weight excluding hydrogens is 248 g/mol. The molecule has 6 heteroatoms. The SMILES string of the molecule is N[C@@H]1CCN(S(=O)(=O)c2cccc(Cl)c2)C1. The second-order valence-electron chi connectivity index (χ2n) is 3.87. The predicted octanol–water partition coefficient (Wildman–Crippen LogP) is 1.06. The summed E-state index contributed by atoms with van der Waals surface area (Å²) in [6, 6.07) is 6.22. The molecule has 88 valence electrons. The summed E-state index contributed by atoms with van der Waals surface area (Å²) in [6.45, 7) is 0.866. The van der Waals surface area contributed by atoms with Crippen LogP contribution in [-0.2, 0) is 10.0 Å². The first kappa shape index (κ1) is 11.9. The Morgan fingerprint density at radius 2 is 2.19 bits per heavy atom. The molecule has 1 aliphatic rings. The predicted molar refractivity (Wildman–Crippen MR) is 62.8 cm³/mol. The first-order valence-electron chi connectivity index (χ1n) is 5.01. The van der Waals surface area contributed by atoms with Gasteiger partial charge in [-0.2, -0.15) is 4.31 Å². The van der Waals surface area contributed by atoms with Crippen LogP contribution < -0.4 is 5.73 Å². The van der Waals surface area contributed by atoms with Gasteiger partial charge in [0.1, 0.15) is 0 Å². The number of sulfonamides is 1. The Bertz CT molecular complexity index is 489. The summed E-state index contributed by atoms with van der Waals surface area (Å²) in [6.07, 6.45) is 0.708. The van der Waals surface area contributed by atoms with Gasteiger partial charge in [0, 0.05) is 24.2 Å². The van der Waals surface area contributed by atoms with Crippen molar-refractivity contribution in [1.82, 2.24) is 4.31 Å². The van der Waals surface area contributed by atoms with E-state index in [-0.39, 0.29) is 10.9 Å². The van der Waals surface area contributed by atoms with E-state index in [0.717, 1.165) is 0 Å². The second kappa shape index (κ2) is 4.33. The zero-order chi connectivity index (χ0) is 11.8. The van der Waals surface area contributed by atoms with Gasteiger partial charge in [0.05, 0.1) is 4.90 Å². The van der Waals surface area contributed by atoms with Gasteiger partial charge in [0.15, 0.2) is 0 Å². The zero-order valence-electron chi connectivity index (χ0n) is 8.64. The molecule has 0 bridgehead atoms. The van der Waals surface area contributed by atoms with Crippen molar-refractivity contribution in [3.63, 3.8) is 0 Å². The Morgan fingerprint density at radius 3 is 2.75 bits per heavy atom. The summed E-state index contributed by atoms with van der Waals surface area (Å²) in [5.74, 6) is 0. The van der Waals surface area contributed by atoms with E-state index in [4.69, 9.17) is 17.3 Å². The van der Waals surface area contributed by atoms with Crippen molar-refractivity contribution in [3.05, 3.63) is 29.3 Å². The van der Waals surface area contributed by atoms with Crippen molar-refractivity contribution in [1.29, 1.82) is 0 Å². The van der Waals surface area contributed by atoms with E-state index < -0.39 is 10.0 Å². The summed E-state index contributed by atoms with van der Waals surface area (Å²) in [7, 11) is -3.43. The fourth-order valence-electron chi connectivity index (χ4n) is 1.75. The third kappa shape index (κ3) is 2.22. The van der Waals surface area contributed by atoms with Crippen molar-refractivity contribution in [2.24, 2.45) is 5.73 Å². The monoisotopic (exact) mass is 260 g/mol. The quantitative estimate of drug-likeness (QED) is 0.865. The van der Waals surface area contributed by atoms with Crippen LogP contribution in [0.5, 0.6) is 0 Å². The Labute approximate surface area is 100 Å². The van der Waals surface area contributed by atoms with Crippen LogP contribution in [0.25, 0.3) is 0 Å². The van der Waals surface area contributed by atoms with Crippen LogP contribution >= 0.6 is 11.6 Å². The van der Waals surface area contributed by atoms with Crippen LogP contribution in [0.1, 0.15) is 6.42 Å². The van der Waals surface area contributed by atoms with Crippen molar-refractivity contribution in [2.45, 2.75) is 17.4 Å². The van der Waals surface area contributed by atoms with Crippen molar-refractivity contribution in [3.8, 4) is 0 Å². The third-order valence-electron chi connectivity index (χ3n) is 2.62. The Morgan fingerprint density at radius 1 is 1.44 bits per heavy atom. The molecule has 0 saturated carbocycles. The minimum Gasteiger partial charge on any atom is -0.326 e. The summed E-state index contributed by atoms with van der Waals surface area (Å²) in [5.41, 5.74) is 5.70. The molecule has 0 spiro atoms. The number of nitrogens with two attached hydrogens (primary N) is 1. The largest absolute Gasteiger partial charge is 0.326 e. The van der Waals surface area contributed by atoms with Gasteiger partial charge >= 0.3 is 0 Å². The second-order valence-corrected chi connectivity index (χ2v) is 6.24. The number of hydrogen-bond donors (Lipinski definition) is 1. The van der Waals surface area contributed by atoms with Gasteiger partial charge in [0.2, 0.25) is 10.0 Å². The van der Waals surface area contributed by atoms with Crippen LogP contribution in [0.15, 0.2) is 29.2 Å². The molecule has 1 aliphatic heterocycles. The van der Waals surface area contributed by atoms with Crippen molar-refractivity contribution in [2.75, 3.05) is 13.1 Å². The highest BCUT2D eigenvalue weighted by atomic mass is 35.5. The minimum absolute atomic E-state index is 0.0611. The maximum Gasteiger partial charge on any atom is 0.243 e. The third-order valence-corrected chi connectivity index (χ3v) is 4.72. The van der Waals surface area contributed by atoms with Gasteiger partial charge in [-0.25, -0.2) is 8.42 Å². The number of halogens is 1. The smallest absolute Gasteiger partial charge is 0.243 e. The minimum atomic E-state index is -3.43. The van der Waals surface area contributed by atoms with Crippen molar-refractivity contribution >= 4 is 21.6 Å². The zero-order valence-corrected chi connectivity index (χ0v) is 10.2. The number of benzene rings is 1. The van der Waals surface area contributed by atoms with Gasteiger partial charge in [-0.1, -0.05) is 17.7 Å². The van der Waals surface area contributed by atoms with Gasteiger partial charge in [-0.05, 0) is 24.6 Å². The van der Waals surface area contributed by atoms with E-state index in [0.29, 0.717) is 24.5 Å². The number of hydrogen-bond acceptors (Lipinski definition) is 3. The summed E-state index contributed by atoms with van der Waals surface area (Å²) in [4.78, 5) is 0.231.